The van der Waals surface area contributed by atoms with Crippen LogP contribution in [0.2, 0.25) is 0 Å². The van der Waals surface area contributed by atoms with E-state index in [1.165, 1.54) is 18.2 Å². The van der Waals surface area contributed by atoms with Crippen molar-refractivity contribution in [3.63, 3.8) is 0 Å². The van der Waals surface area contributed by atoms with E-state index in [4.69, 9.17) is 0 Å². The molecule has 1 heterocycles. The minimum absolute atomic E-state index is 0.162. The molecule has 6 heteroatoms. The maximum atomic E-state index is 13.9. The number of halogens is 3. The summed E-state index contributed by atoms with van der Waals surface area (Å²) in [4.78, 5) is 14.7. The summed E-state index contributed by atoms with van der Waals surface area (Å²) < 4.78 is 27.5. The molecule has 25 heavy (non-hydrogen) atoms. The van der Waals surface area contributed by atoms with Crippen molar-refractivity contribution in [2.45, 2.75) is 19.4 Å². The predicted molar refractivity (Wildman–Crippen MR) is 97.1 cm³/mol. The Morgan fingerprint density at radius 3 is 2.68 bits per heavy atom. The van der Waals surface area contributed by atoms with Gasteiger partial charge >= 0.3 is 0 Å². The second kappa shape index (κ2) is 8.06. The van der Waals surface area contributed by atoms with Crippen LogP contribution in [0.15, 0.2) is 46.9 Å². The van der Waals surface area contributed by atoms with Crippen molar-refractivity contribution < 1.29 is 13.6 Å². The van der Waals surface area contributed by atoms with Gasteiger partial charge < -0.3 is 5.32 Å². The number of rotatable bonds is 4. The summed E-state index contributed by atoms with van der Waals surface area (Å²) in [5.74, 6) is -1.06. The Hall–Kier alpha value is -1.79. The average molecular weight is 409 g/mol. The van der Waals surface area contributed by atoms with E-state index in [1.54, 1.807) is 24.3 Å². The highest BCUT2D eigenvalue weighted by Crippen LogP contribution is 2.23. The third-order valence-electron chi connectivity index (χ3n) is 4.38. The summed E-state index contributed by atoms with van der Waals surface area (Å²) in [7, 11) is 0. The van der Waals surface area contributed by atoms with Crippen LogP contribution < -0.4 is 5.32 Å². The van der Waals surface area contributed by atoms with Crippen LogP contribution in [0.1, 0.15) is 18.4 Å². The molecule has 132 valence electrons. The van der Waals surface area contributed by atoms with Crippen molar-refractivity contribution in [2.24, 2.45) is 5.92 Å². The number of nitrogens with one attached hydrogen (secondary N) is 1. The Kier molecular flexibility index (Phi) is 5.81. The molecule has 1 atom stereocenters. The average Bonchev–Trinajstić information content (AvgIpc) is 2.60. The third kappa shape index (κ3) is 4.86. The minimum Gasteiger partial charge on any atom is -0.323 e. The van der Waals surface area contributed by atoms with Gasteiger partial charge in [0.1, 0.15) is 11.6 Å². The maximum Gasteiger partial charge on any atom is 0.228 e. The Morgan fingerprint density at radius 2 is 1.96 bits per heavy atom. The first-order valence-corrected chi connectivity index (χ1v) is 9.03. The van der Waals surface area contributed by atoms with Crippen LogP contribution in [0.25, 0.3) is 0 Å². The molecule has 0 aromatic heterocycles. The van der Waals surface area contributed by atoms with Gasteiger partial charge in [0, 0.05) is 17.6 Å². The lowest BCUT2D eigenvalue weighted by atomic mass is 9.96. The largest absolute Gasteiger partial charge is 0.323 e. The molecule has 2 aromatic rings. The van der Waals surface area contributed by atoms with Crippen molar-refractivity contribution >= 4 is 27.5 Å². The Labute approximate surface area is 154 Å². The number of nitrogens with zero attached hydrogens (tertiary/aromatic N) is 1. The number of carbonyl (C=O) groups is 1. The number of hydrogen-bond donors (Lipinski definition) is 1. The molecule has 1 N–H and O–H groups in total. The second-order valence-corrected chi connectivity index (χ2v) is 7.23. The van der Waals surface area contributed by atoms with Gasteiger partial charge in [0.05, 0.1) is 11.6 Å². The SMILES string of the molecule is O=C(Nc1ccc(Br)cc1F)C1CCCN(Cc2ccc(F)cc2)C1. The van der Waals surface area contributed by atoms with Gasteiger partial charge in [-0.25, -0.2) is 8.78 Å². The number of anilines is 1. The number of likely N-dealkylation sites (tertiary alicyclic amines) is 1. The molecule has 3 nitrogen and oxygen atoms in total. The fourth-order valence-electron chi connectivity index (χ4n) is 3.09. The summed E-state index contributed by atoms with van der Waals surface area (Å²) in [6, 6.07) is 11.0. The van der Waals surface area contributed by atoms with Gasteiger partial charge in [0.2, 0.25) is 5.91 Å². The first-order valence-electron chi connectivity index (χ1n) is 8.24. The van der Waals surface area contributed by atoms with Gasteiger partial charge in [-0.15, -0.1) is 0 Å². The van der Waals surface area contributed by atoms with Gasteiger partial charge in [0.25, 0.3) is 0 Å². The molecule has 0 spiro atoms. The Morgan fingerprint density at radius 1 is 1.20 bits per heavy atom. The predicted octanol–water partition coefficient (Wildman–Crippen LogP) is 4.58. The van der Waals surface area contributed by atoms with E-state index in [0.29, 0.717) is 17.6 Å². The van der Waals surface area contributed by atoms with E-state index in [9.17, 15) is 13.6 Å². The second-order valence-electron chi connectivity index (χ2n) is 6.31. The summed E-state index contributed by atoms with van der Waals surface area (Å²) >= 11 is 3.20. The highest BCUT2D eigenvalue weighted by atomic mass is 79.9. The molecule has 1 unspecified atom stereocenters. The van der Waals surface area contributed by atoms with Crippen LogP contribution in [0, 0.1) is 17.6 Å². The molecule has 0 aliphatic carbocycles. The normalized spacial score (nSPS) is 18.1. The lowest BCUT2D eigenvalue weighted by molar-refractivity contribution is -0.121. The van der Waals surface area contributed by atoms with Gasteiger partial charge in [-0.05, 0) is 55.3 Å². The summed E-state index contributed by atoms with van der Waals surface area (Å²) in [6.45, 7) is 2.19. The lowest BCUT2D eigenvalue weighted by Crippen LogP contribution is -2.40. The quantitative estimate of drug-likeness (QED) is 0.802. The van der Waals surface area contributed by atoms with Gasteiger partial charge in [-0.3, -0.25) is 9.69 Å². The Balaban J connectivity index is 1.60. The standard InChI is InChI=1S/C19H19BrF2N2O/c20-15-5-8-18(17(22)10-15)23-19(25)14-2-1-9-24(12-14)11-13-3-6-16(21)7-4-13/h3-8,10,14H,1-2,9,11-12H2,(H,23,25). The van der Waals surface area contributed by atoms with E-state index < -0.39 is 5.82 Å². The zero-order chi connectivity index (χ0) is 17.8. The van der Waals surface area contributed by atoms with Crippen molar-refractivity contribution in [3.8, 4) is 0 Å². The van der Waals surface area contributed by atoms with Crippen molar-refractivity contribution in [1.29, 1.82) is 0 Å². The van der Waals surface area contributed by atoms with Crippen LogP contribution in [-0.2, 0) is 11.3 Å². The van der Waals surface area contributed by atoms with Crippen LogP contribution in [0.4, 0.5) is 14.5 Å². The lowest BCUT2D eigenvalue weighted by Gasteiger charge is -2.32. The zero-order valence-corrected chi connectivity index (χ0v) is 15.2. The molecule has 0 radical (unpaired) electrons. The molecule has 2 aromatic carbocycles. The number of hydrogen-bond acceptors (Lipinski definition) is 2. The maximum absolute atomic E-state index is 13.9. The van der Waals surface area contributed by atoms with Crippen LogP contribution >= 0.6 is 15.9 Å². The number of amides is 1. The van der Waals surface area contributed by atoms with Crippen molar-refractivity contribution in [1.82, 2.24) is 4.90 Å². The molecule has 1 fully saturated rings. The van der Waals surface area contributed by atoms with Crippen LogP contribution in [-0.4, -0.2) is 23.9 Å². The molecular weight excluding hydrogens is 390 g/mol. The zero-order valence-electron chi connectivity index (χ0n) is 13.6. The van der Waals surface area contributed by atoms with Gasteiger partial charge in [0.15, 0.2) is 0 Å². The first kappa shape index (κ1) is 18.0. The van der Waals surface area contributed by atoms with E-state index in [1.807, 2.05) is 0 Å². The van der Waals surface area contributed by atoms with E-state index in [0.717, 1.165) is 24.9 Å². The molecule has 0 bridgehead atoms. The summed E-state index contributed by atoms with van der Waals surface area (Å²) in [6.07, 6.45) is 1.69. The van der Waals surface area contributed by atoms with E-state index in [-0.39, 0.29) is 23.3 Å². The molecular formula is C19H19BrF2N2O. The highest BCUT2D eigenvalue weighted by molar-refractivity contribution is 9.10. The smallest absolute Gasteiger partial charge is 0.228 e. The van der Waals surface area contributed by atoms with Crippen LogP contribution in [0.5, 0.6) is 0 Å². The van der Waals surface area contributed by atoms with Crippen LogP contribution in [0.3, 0.4) is 0 Å². The third-order valence-corrected chi connectivity index (χ3v) is 4.88. The van der Waals surface area contributed by atoms with E-state index in [2.05, 4.69) is 26.1 Å². The highest BCUT2D eigenvalue weighted by Gasteiger charge is 2.26. The topological polar surface area (TPSA) is 32.3 Å². The molecule has 1 amide bonds. The fourth-order valence-corrected chi connectivity index (χ4v) is 3.42. The summed E-state index contributed by atoms with van der Waals surface area (Å²) in [5, 5.41) is 2.69. The number of benzene rings is 2. The number of carbonyl (C=O) groups excluding carboxylic acids is 1. The van der Waals surface area contributed by atoms with Crippen molar-refractivity contribution in [2.75, 3.05) is 18.4 Å². The summed E-state index contributed by atoms with van der Waals surface area (Å²) in [5.41, 5.74) is 1.21. The molecule has 3 rings (SSSR count). The molecule has 1 aliphatic rings. The molecule has 1 saturated heterocycles. The first-order chi connectivity index (χ1) is 12.0. The van der Waals surface area contributed by atoms with Crippen molar-refractivity contribution in [3.05, 3.63) is 64.1 Å². The van der Waals surface area contributed by atoms with E-state index >= 15 is 0 Å². The van der Waals surface area contributed by atoms with Gasteiger partial charge in [-0.1, -0.05) is 28.1 Å². The molecule has 1 aliphatic heterocycles. The fraction of sp³-hybridized carbons (Fsp3) is 0.316. The molecule has 0 saturated carbocycles. The monoisotopic (exact) mass is 408 g/mol. The minimum atomic E-state index is -0.457. The van der Waals surface area contributed by atoms with Gasteiger partial charge in [-0.2, -0.15) is 0 Å². The Bertz CT molecular complexity index is 752. The number of piperidine rings is 1.